The molecule has 2 atom stereocenters. The predicted molar refractivity (Wildman–Crippen MR) is 78.9 cm³/mol. The van der Waals surface area contributed by atoms with E-state index in [1.807, 2.05) is 4.90 Å². The second kappa shape index (κ2) is 4.81. The van der Waals surface area contributed by atoms with Crippen LogP contribution in [-0.4, -0.2) is 40.1 Å². The first-order valence-electron chi connectivity index (χ1n) is 7.28. The second-order valence-corrected chi connectivity index (χ2v) is 7.66. The quantitative estimate of drug-likeness (QED) is 0.799. The molecule has 110 valence electrons. The van der Waals surface area contributed by atoms with E-state index in [1.165, 1.54) is 11.3 Å². The van der Waals surface area contributed by atoms with Crippen molar-refractivity contribution in [3.8, 4) is 0 Å². The monoisotopic (exact) mass is 294 g/mol. The molecule has 2 saturated heterocycles. The number of amides is 1. The van der Waals surface area contributed by atoms with E-state index in [1.54, 1.807) is 11.7 Å². The minimum atomic E-state index is -0.0772. The van der Waals surface area contributed by atoms with Gasteiger partial charge in [-0.15, -0.1) is 11.3 Å². The predicted octanol–water partition coefficient (Wildman–Crippen LogP) is 2.95. The average molecular weight is 294 g/mol. The first kappa shape index (κ1) is 14.0. The van der Waals surface area contributed by atoms with Crippen molar-refractivity contribution >= 4 is 17.2 Å². The van der Waals surface area contributed by atoms with Crippen LogP contribution in [0.3, 0.4) is 0 Å². The zero-order valence-corrected chi connectivity index (χ0v) is 13.2. The zero-order chi connectivity index (χ0) is 14.4. The Hall–Kier alpha value is -0.940. The minimum Gasteiger partial charge on any atom is -0.369 e. The van der Waals surface area contributed by atoms with Crippen molar-refractivity contribution in [2.75, 3.05) is 13.1 Å². The summed E-state index contributed by atoms with van der Waals surface area (Å²) < 4.78 is 6.34. The van der Waals surface area contributed by atoms with Crippen LogP contribution in [0.15, 0.2) is 11.7 Å². The average Bonchev–Trinajstić information content (AvgIpc) is 2.89. The summed E-state index contributed by atoms with van der Waals surface area (Å²) in [6.07, 6.45) is 4.79. The number of piperidine rings is 1. The summed E-state index contributed by atoms with van der Waals surface area (Å²) in [5.74, 6) is 0.570. The largest absolute Gasteiger partial charge is 0.369 e. The molecular weight excluding hydrogens is 272 g/mol. The number of rotatable bonds is 1. The number of fused-ring (bicyclic) bond motifs is 1. The summed E-state index contributed by atoms with van der Waals surface area (Å²) in [5.41, 5.74) is 1.61. The summed E-state index contributed by atoms with van der Waals surface area (Å²) in [6.45, 7) is 8.14. The zero-order valence-electron chi connectivity index (χ0n) is 12.4. The molecule has 3 heterocycles. The first-order valence-corrected chi connectivity index (χ1v) is 8.16. The lowest BCUT2D eigenvalue weighted by atomic mass is 9.74. The molecule has 3 rings (SSSR count). The smallest absolute Gasteiger partial charge is 0.265 e. The van der Waals surface area contributed by atoms with Gasteiger partial charge < -0.3 is 9.64 Å². The fourth-order valence-corrected chi connectivity index (χ4v) is 4.10. The standard InChI is InChI=1S/C15H22N2O2S/c1-14(2)5-4-11-9-17(7-6-15(11,3)19-14)13(18)12-8-16-10-20-12/h8,10-11H,4-7,9H2,1-3H3/t11-,15+/m0/s1. The molecule has 4 nitrogen and oxygen atoms in total. The molecule has 1 aromatic heterocycles. The number of hydrogen-bond acceptors (Lipinski definition) is 4. The maximum Gasteiger partial charge on any atom is 0.265 e. The van der Waals surface area contributed by atoms with E-state index < -0.39 is 0 Å². The number of hydrogen-bond donors (Lipinski definition) is 0. The van der Waals surface area contributed by atoms with E-state index in [9.17, 15) is 4.79 Å². The number of nitrogens with zero attached hydrogens (tertiary/aromatic N) is 2. The highest BCUT2D eigenvalue weighted by Crippen LogP contribution is 2.44. The molecule has 0 unspecified atom stereocenters. The van der Waals surface area contributed by atoms with E-state index in [4.69, 9.17) is 4.74 Å². The van der Waals surface area contributed by atoms with Gasteiger partial charge in [0.2, 0.25) is 0 Å². The van der Waals surface area contributed by atoms with Crippen LogP contribution in [0.2, 0.25) is 0 Å². The third-order valence-electron chi connectivity index (χ3n) is 4.72. The Morgan fingerprint density at radius 2 is 2.25 bits per heavy atom. The molecule has 2 fully saturated rings. The maximum atomic E-state index is 12.4. The molecule has 0 radical (unpaired) electrons. The number of carbonyl (C=O) groups excluding carboxylic acids is 1. The first-order chi connectivity index (χ1) is 9.40. The van der Waals surface area contributed by atoms with Gasteiger partial charge in [0.25, 0.3) is 5.91 Å². The van der Waals surface area contributed by atoms with Crippen LogP contribution >= 0.6 is 11.3 Å². The molecule has 0 N–H and O–H groups in total. The number of aromatic nitrogens is 1. The van der Waals surface area contributed by atoms with Crippen molar-refractivity contribution in [3.05, 3.63) is 16.6 Å². The summed E-state index contributed by atoms with van der Waals surface area (Å²) >= 11 is 1.42. The Morgan fingerprint density at radius 3 is 2.95 bits per heavy atom. The van der Waals surface area contributed by atoms with Crippen LogP contribution < -0.4 is 0 Å². The fraction of sp³-hybridized carbons (Fsp3) is 0.733. The number of ether oxygens (including phenoxy) is 1. The normalized spacial score (nSPS) is 32.8. The molecule has 0 bridgehead atoms. The minimum absolute atomic E-state index is 0.0326. The van der Waals surface area contributed by atoms with Gasteiger partial charge in [-0.25, -0.2) is 0 Å². The Kier molecular flexibility index (Phi) is 3.37. The fourth-order valence-electron chi connectivity index (χ4n) is 3.51. The topological polar surface area (TPSA) is 42.4 Å². The van der Waals surface area contributed by atoms with Crippen molar-refractivity contribution < 1.29 is 9.53 Å². The molecule has 5 heteroatoms. The van der Waals surface area contributed by atoms with Crippen molar-refractivity contribution in [2.45, 2.75) is 51.2 Å². The Morgan fingerprint density at radius 1 is 1.45 bits per heavy atom. The van der Waals surface area contributed by atoms with Gasteiger partial charge in [0.05, 0.1) is 22.9 Å². The lowest BCUT2D eigenvalue weighted by Gasteiger charge is -2.53. The van der Waals surface area contributed by atoms with Crippen LogP contribution in [0.5, 0.6) is 0 Å². The van der Waals surface area contributed by atoms with E-state index in [0.29, 0.717) is 5.92 Å². The second-order valence-electron chi connectivity index (χ2n) is 6.78. The van der Waals surface area contributed by atoms with Gasteiger partial charge in [-0.1, -0.05) is 0 Å². The van der Waals surface area contributed by atoms with Crippen molar-refractivity contribution in [2.24, 2.45) is 5.92 Å². The summed E-state index contributed by atoms with van der Waals surface area (Å²) in [5, 5.41) is 0. The van der Waals surface area contributed by atoms with E-state index >= 15 is 0 Å². The molecule has 0 aliphatic carbocycles. The van der Waals surface area contributed by atoms with Gasteiger partial charge in [0.15, 0.2) is 0 Å². The number of carbonyl (C=O) groups is 1. The van der Waals surface area contributed by atoms with E-state index in [2.05, 4.69) is 25.8 Å². The van der Waals surface area contributed by atoms with Crippen LogP contribution in [0, 0.1) is 5.92 Å². The Labute approximate surface area is 124 Å². The van der Waals surface area contributed by atoms with E-state index in [-0.39, 0.29) is 17.1 Å². The number of thiazole rings is 1. The molecule has 2 aliphatic heterocycles. The lowest BCUT2D eigenvalue weighted by Crippen LogP contribution is -2.58. The molecule has 1 amide bonds. The van der Waals surface area contributed by atoms with Crippen LogP contribution in [0.1, 0.15) is 49.7 Å². The summed E-state index contributed by atoms with van der Waals surface area (Å²) in [4.78, 5) is 19.1. The number of likely N-dealkylation sites (tertiary alicyclic amines) is 1. The highest BCUT2D eigenvalue weighted by Gasteiger charge is 2.48. The lowest BCUT2D eigenvalue weighted by molar-refractivity contribution is -0.210. The molecule has 0 saturated carbocycles. The third-order valence-corrected chi connectivity index (χ3v) is 5.48. The van der Waals surface area contributed by atoms with Crippen LogP contribution in [0.4, 0.5) is 0 Å². The summed E-state index contributed by atoms with van der Waals surface area (Å²) in [6, 6.07) is 0. The van der Waals surface area contributed by atoms with Gasteiger partial charge in [0, 0.05) is 19.0 Å². The van der Waals surface area contributed by atoms with E-state index in [0.717, 1.165) is 37.2 Å². The van der Waals surface area contributed by atoms with Gasteiger partial charge in [0.1, 0.15) is 4.88 Å². The van der Waals surface area contributed by atoms with Gasteiger partial charge >= 0.3 is 0 Å². The Bertz CT molecular complexity index is 500. The molecule has 0 aromatic carbocycles. The maximum absolute atomic E-state index is 12.4. The van der Waals surface area contributed by atoms with Crippen LogP contribution in [-0.2, 0) is 4.74 Å². The van der Waals surface area contributed by atoms with Gasteiger partial charge in [-0.05, 0) is 40.0 Å². The molecule has 2 aliphatic rings. The molecule has 0 spiro atoms. The van der Waals surface area contributed by atoms with Gasteiger partial charge in [-0.3, -0.25) is 9.78 Å². The van der Waals surface area contributed by atoms with Crippen molar-refractivity contribution in [1.29, 1.82) is 0 Å². The molecular formula is C15H22N2O2S. The Balaban J connectivity index is 1.72. The molecule has 20 heavy (non-hydrogen) atoms. The highest BCUT2D eigenvalue weighted by atomic mass is 32.1. The molecule has 1 aromatic rings. The van der Waals surface area contributed by atoms with Crippen molar-refractivity contribution in [1.82, 2.24) is 9.88 Å². The van der Waals surface area contributed by atoms with Crippen LogP contribution in [0.25, 0.3) is 0 Å². The highest BCUT2D eigenvalue weighted by molar-refractivity contribution is 7.11. The van der Waals surface area contributed by atoms with Gasteiger partial charge in [-0.2, -0.15) is 0 Å². The third kappa shape index (κ3) is 2.49. The SMILES string of the molecule is CC1(C)CC[C@H]2CN(C(=O)c3cncs3)CC[C@@]2(C)O1. The summed E-state index contributed by atoms with van der Waals surface area (Å²) in [7, 11) is 0. The van der Waals surface area contributed by atoms with Crippen molar-refractivity contribution in [3.63, 3.8) is 0 Å².